The first-order valence-electron chi connectivity index (χ1n) is 9.99. The maximum absolute atomic E-state index is 13.3. The van der Waals surface area contributed by atoms with Crippen LogP contribution in [0.25, 0.3) is 6.08 Å². The van der Waals surface area contributed by atoms with Crippen LogP contribution < -0.4 is 9.80 Å². The molecule has 3 heterocycles. The van der Waals surface area contributed by atoms with Crippen LogP contribution >= 0.6 is 12.2 Å². The van der Waals surface area contributed by atoms with Crippen LogP contribution in [0.15, 0.2) is 52.5 Å². The number of para-hydroxylation sites is 1. The van der Waals surface area contributed by atoms with Gasteiger partial charge in [-0.3, -0.25) is 19.4 Å². The lowest BCUT2D eigenvalue weighted by Gasteiger charge is -2.36. The number of hydrogen-bond acceptors (Lipinski definition) is 6. The highest BCUT2D eigenvalue weighted by atomic mass is 32.1. The van der Waals surface area contributed by atoms with E-state index in [4.69, 9.17) is 21.4 Å². The fourth-order valence-corrected chi connectivity index (χ4v) is 3.88. The third kappa shape index (κ3) is 3.88. The summed E-state index contributed by atoms with van der Waals surface area (Å²) >= 11 is 5.50. The van der Waals surface area contributed by atoms with E-state index in [-0.39, 0.29) is 10.7 Å². The van der Waals surface area contributed by atoms with Gasteiger partial charge in [0.25, 0.3) is 11.8 Å². The van der Waals surface area contributed by atoms with E-state index in [2.05, 4.69) is 4.90 Å². The second-order valence-electron chi connectivity index (χ2n) is 7.05. The molecule has 2 saturated heterocycles. The van der Waals surface area contributed by atoms with Crippen molar-refractivity contribution in [2.24, 2.45) is 0 Å². The second kappa shape index (κ2) is 8.81. The topological polar surface area (TPSA) is 66.2 Å². The van der Waals surface area contributed by atoms with E-state index in [0.717, 1.165) is 19.5 Å². The van der Waals surface area contributed by atoms with Crippen molar-refractivity contribution in [2.45, 2.75) is 13.3 Å². The third-order valence-corrected chi connectivity index (χ3v) is 5.42. The molecule has 1 aromatic heterocycles. The molecule has 0 atom stereocenters. The number of furan rings is 1. The van der Waals surface area contributed by atoms with Crippen LogP contribution in [-0.4, -0.2) is 54.7 Å². The number of amides is 2. The fraction of sp³-hybridized carbons (Fsp3) is 0.318. The van der Waals surface area contributed by atoms with Gasteiger partial charge >= 0.3 is 0 Å². The second-order valence-corrected chi connectivity index (χ2v) is 7.41. The Morgan fingerprint density at radius 1 is 1.03 bits per heavy atom. The van der Waals surface area contributed by atoms with Crippen molar-refractivity contribution in [1.82, 2.24) is 4.90 Å². The first kappa shape index (κ1) is 20.3. The average molecular weight is 426 g/mol. The van der Waals surface area contributed by atoms with E-state index in [9.17, 15) is 9.59 Å². The van der Waals surface area contributed by atoms with Crippen LogP contribution in [-0.2, 0) is 14.3 Å². The molecule has 2 fully saturated rings. The molecule has 0 radical (unpaired) electrons. The lowest BCUT2D eigenvalue weighted by molar-refractivity contribution is -0.127. The Labute approximate surface area is 180 Å². The highest BCUT2D eigenvalue weighted by Gasteiger charge is 2.40. The van der Waals surface area contributed by atoms with Crippen molar-refractivity contribution < 1.29 is 18.7 Å². The number of nitrogens with zero attached hydrogens (tertiary/aromatic N) is 3. The predicted molar refractivity (Wildman–Crippen MR) is 118 cm³/mol. The van der Waals surface area contributed by atoms with Gasteiger partial charge in [-0.2, -0.15) is 0 Å². The number of ether oxygens (including phenoxy) is 1. The lowest BCUT2D eigenvalue weighted by Crippen LogP contribution is -2.56. The predicted octanol–water partition coefficient (Wildman–Crippen LogP) is 3.07. The minimum Gasteiger partial charge on any atom is -0.441 e. The molecule has 0 bridgehead atoms. The van der Waals surface area contributed by atoms with Crippen LogP contribution in [0.4, 0.5) is 11.6 Å². The first-order valence-corrected chi connectivity index (χ1v) is 10.4. The van der Waals surface area contributed by atoms with E-state index in [1.54, 1.807) is 18.2 Å². The van der Waals surface area contributed by atoms with Crippen LogP contribution in [0.1, 0.15) is 19.1 Å². The molecule has 0 N–H and O–H groups in total. The van der Waals surface area contributed by atoms with Gasteiger partial charge in [0.15, 0.2) is 11.0 Å². The number of morpholine rings is 1. The molecule has 7 nitrogen and oxygen atoms in total. The van der Waals surface area contributed by atoms with Gasteiger partial charge in [-0.05, 0) is 42.9 Å². The molecular formula is C22H23N3O4S. The SMILES string of the molecule is CCCN1C(=O)/C(=C/c2ccc(N3CCOCC3)o2)C(=O)N(c2ccccc2)C1=S. The molecule has 2 aromatic rings. The van der Waals surface area contributed by atoms with E-state index >= 15 is 0 Å². The summed E-state index contributed by atoms with van der Waals surface area (Å²) in [5.74, 6) is 0.295. The Morgan fingerprint density at radius 2 is 1.77 bits per heavy atom. The zero-order valence-electron chi connectivity index (χ0n) is 16.7. The molecule has 30 heavy (non-hydrogen) atoms. The molecule has 156 valence electrons. The van der Waals surface area contributed by atoms with Gasteiger partial charge in [0, 0.05) is 25.7 Å². The number of hydrogen-bond donors (Lipinski definition) is 0. The minimum absolute atomic E-state index is 0.0313. The molecule has 1 aromatic carbocycles. The molecule has 0 spiro atoms. The first-order chi connectivity index (χ1) is 14.6. The quantitative estimate of drug-likeness (QED) is 0.417. The molecular weight excluding hydrogens is 402 g/mol. The Kier molecular flexibility index (Phi) is 5.96. The van der Waals surface area contributed by atoms with Crippen molar-refractivity contribution in [3.63, 3.8) is 0 Å². The minimum atomic E-state index is -0.451. The summed E-state index contributed by atoms with van der Waals surface area (Å²) in [6.07, 6.45) is 2.23. The van der Waals surface area contributed by atoms with Crippen LogP contribution in [0.5, 0.6) is 0 Å². The van der Waals surface area contributed by atoms with Crippen LogP contribution in [0, 0.1) is 0 Å². The van der Waals surface area contributed by atoms with Gasteiger partial charge in [-0.15, -0.1) is 0 Å². The number of thiocarbonyl (C=S) groups is 1. The van der Waals surface area contributed by atoms with E-state index in [1.165, 1.54) is 15.9 Å². The van der Waals surface area contributed by atoms with E-state index in [1.807, 2.05) is 31.2 Å². The van der Waals surface area contributed by atoms with Crippen molar-refractivity contribution in [3.05, 3.63) is 53.8 Å². The maximum atomic E-state index is 13.3. The van der Waals surface area contributed by atoms with Gasteiger partial charge < -0.3 is 14.1 Å². The number of carbonyl (C=O) groups is 2. The van der Waals surface area contributed by atoms with Crippen LogP contribution in [0.2, 0.25) is 0 Å². The van der Waals surface area contributed by atoms with Gasteiger partial charge in [-0.1, -0.05) is 25.1 Å². The Bertz CT molecular complexity index is 979. The summed E-state index contributed by atoms with van der Waals surface area (Å²) in [7, 11) is 0. The normalized spacial score (nSPS) is 19.2. The fourth-order valence-electron chi connectivity index (χ4n) is 3.52. The Hall–Kier alpha value is -2.97. The Balaban J connectivity index is 1.68. The zero-order valence-corrected chi connectivity index (χ0v) is 17.6. The molecule has 4 rings (SSSR count). The molecule has 0 unspecified atom stereocenters. The van der Waals surface area contributed by atoms with Crippen LogP contribution in [0.3, 0.4) is 0 Å². The van der Waals surface area contributed by atoms with Gasteiger partial charge in [0.05, 0.1) is 18.9 Å². The molecule has 2 aliphatic rings. The summed E-state index contributed by atoms with van der Waals surface area (Å²) in [5.41, 5.74) is 0.657. The monoisotopic (exact) mass is 425 g/mol. The molecule has 2 aliphatic heterocycles. The van der Waals surface area contributed by atoms with Gasteiger partial charge in [-0.25, -0.2) is 0 Å². The highest BCUT2D eigenvalue weighted by molar-refractivity contribution is 7.80. The number of benzene rings is 1. The lowest BCUT2D eigenvalue weighted by atomic mass is 10.1. The largest absolute Gasteiger partial charge is 0.441 e. The highest BCUT2D eigenvalue weighted by Crippen LogP contribution is 2.28. The molecule has 0 saturated carbocycles. The van der Waals surface area contributed by atoms with Crippen molar-refractivity contribution in [2.75, 3.05) is 42.6 Å². The zero-order chi connectivity index (χ0) is 21.1. The number of anilines is 2. The summed E-state index contributed by atoms with van der Waals surface area (Å²) in [6, 6.07) is 12.7. The average Bonchev–Trinajstić information content (AvgIpc) is 3.24. The van der Waals surface area contributed by atoms with Crippen molar-refractivity contribution >= 4 is 46.8 Å². The summed E-state index contributed by atoms with van der Waals surface area (Å²) < 4.78 is 11.3. The summed E-state index contributed by atoms with van der Waals surface area (Å²) in [5, 5.41) is 0.198. The van der Waals surface area contributed by atoms with E-state index in [0.29, 0.717) is 37.1 Å². The van der Waals surface area contributed by atoms with Crippen molar-refractivity contribution in [3.8, 4) is 0 Å². The number of rotatable bonds is 5. The van der Waals surface area contributed by atoms with Crippen molar-refractivity contribution in [1.29, 1.82) is 0 Å². The summed E-state index contributed by atoms with van der Waals surface area (Å²) in [6.45, 7) is 5.16. The third-order valence-electron chi connectivity index (χ3n) is 5.01. The Morgan fingerprint density at radius 3 is 2.47 bits per heavy atom. The molecule has 0 aliphatic carbocycles. The van der Waals surface area contributed by atoms with Gasteiger partial charge in [0.2, 0.25) is 0 Å². The standard InChI is InChI=1S/C22H23N3O4S/c1-2-10-24-20(26)18(21(27)25(22(24)30)16-6-4-3-5-7-16)15-17-8-9-19(29-17)23-11-13-28-14-12-23/h3-9,15H,2,10-14H2,1H3/b18-15-. The van der Waals surface area contributed by atoms with E-state index < -0.39 is 11.8 Å². The molecule has 8 heteroatoms. The van der Waals surface area contributed by atoms with Gasteiger partial charge in [0.1, 0.15) is 11.3 Å². The smallest absolute Gasteiger partial charge is 0.270 e. The molecule has 2 amide bonds. The number of carbonyl (C=O) groups excluding carboxylic acids is 2. The summed E-state index contributed by atoms with van der Waals surface area (Å²) in [4.78, 5) is 31.3. The maximum Gasteiger partial charge on any atom is 0.270 e.